The highest BCUT2D eigenvalue weighted by molar-refractivity contribution is 6.58. The summed E-state index contributed by atoms with van der Waals surface area (Å²) in [6, 6.07) is 7.47. The Hall–Kier alpha value is -1.57. The van der Waals surface area contributed by atoms with Gasteiger partial charge in [0.1, 0.15) is 5.60 Å². The molecular weight excluding hydrogens is 307 g/mol. The van der Waals surface area contributed by atoms with Gasteiger partial charge in [-0.3, -0.25) is 4.90 Å². The lowest BCUT2D eigenvalue weighted by Gasteiger charge is -2.38. The van der Waals surface area contributed by atoms with E-state index in [1.165, 1.54) is 0 Å². The molecule has 0 radical (unpaired) electrons. The first-order valence-electron chi connectivity index (χ1n) is 8.35. The second kappa shape index (κ2) is 7.55. The molecule has 2 N–H and O–H groups in total. The second-order valence-electron chi connectivity index (χ2n) is 7.22. The maximum Gasteiger partial charge on any atom is 0.488 e. The van der Waals surface area contributed by atoms with Crippen LogP contribution in [-0.4, -0.2) is 64.8 Å². The van der Waals surface area contributed by atoms with E-state index < -0.39 is 12.7 Å². The molecule has 0 spiro atoms. The quantitative estimate of drug-likeness (QED) is 0.806. The molecule has 132 valence electrons. The summed E-state index contributed by atoms with van der Waals surface area (Å²) in [5, 5.41) is 18.6. The molecule has 1 aromatic rings. The first-order valence-corrected chi connectivity index (χ1v) is 8.35. The van der Waals surface area contributed by atoms with E-state index in [-0.39, 0.29) is 12.1 Å². The number of piperazine rings is 1. The summed E-state index contributed by atoms with van der Waals surface area (Å²) < 4.78 is 5.41. The average molecular weight is 334 g/mol. The highest BCUT2D eigenvalue weighted by Crippen LogP contribution is 2.21. The molecule has 0 aliphatic carbocycles. The summed E-state index contributed by atoms with van der Waals surface area (Å²) in [5.74, 6) is 0. The number of benzene rings is 1. The van der Waals surface area contributed by atoms with Crippen LogP contribution in [0.1, 0.15) is 39.3 Å². The zero-order chi connectivity index (χ0) is 17.9. The molecule has 0 saturated carbocycles. The molecule has 1 aliphatic heterocycles. The van der Waals surface area contributed by atoms with Crippen molar-refractivity contribution in [3.8, 4) is 0 Å². The van der Waals surface area contributed by atoms with E-state index in [0.29, 0.717) is 18.6 Å². The van der Waals surface area contributed by atoms with Gasteiger partial charge in [0.15, 0.2) is 0 Å². The zero-order valence-corrected chi connectivity index (χ0v) is 14.9. The molecular formula is C17H27BN2O4. The minimum Gasteiger partial charge on any atom is -0.444 e. The van der Waals surface area contributed by atoms with Crippen LogP contribution in [0.2, 0.25) is 0 Å². The van der Waals surface area contributed by atoms with E-state index in [1.54, 1.807) is 11.0 Å². The minimum atomic E-state index is -1.46. The Kier molecular flexibility index (Phi) is 5.90. The van der Waals surface area contributed by atoms with Gasteiger partial charge in [-0.25, -0.2) is 4.79 Å². The first-order chi connectivity index (χ1) is 11.2. The van der Waals surface area contributed by atoms with E-state index in [4.69, 9.17) is 4.74 Å². The summed E-state index contributed by atoms with van der Waals surface area (Å²) >= 11 is 0. The smallest absolute Gasteiger partial charge is 0.444 e. The zero-order valence-electron chi connectivity index (χ0n) is 14.9. The summed E-state index contributed by atoms with van der Waals surface area (Å²) in [4.78, 5) is 16.1. The van der Waals surface area contributed by atoms with Gasteiger partial charge in [0.25, 0.3) is 0 Å². The number of ether oxygens (including phenoxy) is 1. The van der Waals surface area contributed by atoms with Crippen molar-refractivity contribution in [1.29, 1.82) is 0 Å². The first kappa shape index (κ1) is 18.8. The van der Waals surface area contributed by atoms with Gasteiger partial charge in [0.05, 0.1) is 0 Å². The third-order valence-corrected chi connectivity index (χ3v) is 4.20. The molecule has 1 amide bonds. The van der Waals surface area contributed by atoms with Crippen LogP contribution in [0.15, 0.2) is 24.3 Å². The number of carbonyl (C=O) groups is 1. The van der Waals surface area contributed by atoms with Crippen molar-refractivity contribution in [1.82, 2.24) is 9.80 Å². The summed E-state index contributed by atoms with van der Waals surface area (Å²) in [6.45, 7) is 10.5. The number of nitrogens with zero attached hydrogens (tertiary/aromatic N) is 2. The standard InChI is InChI=1S/C17H27BN2O4/c1-13(14-6-5-7-15(12-14)18(22)23)19-8-10-20(11-9-19)16(21)24-17(2,3)4/h5-7,12-13,22-23H,8-11H2,1-4H3/t13-/m0/s1. The highest BCUT2D eigenvalue weighted by atomic mass is 16.6. The lowest BCUT2D eigenvalue weighted by molar-refractivity contribution is 0.0110. The molecule has 0 bridgehead atoms. The van der Waals surface area contributed by atoms with Crippen LogP contribution in [0.5, 0.6) is 0 Å². The Balaban J connectivity index is 1.94. The maximum absolute atomic E-state index is 12.1. The van der Waals surface area contributed by atoms with Crippen molar-refractivity contribution < 1.29 is 19.6 Å². The SMILES string of the molecule is C[C@@H](c1cccc(B(O)O)c1)N1CCN(C(=O)OC(C)(C)C)CC1. The molecule has 1 saturated heterocycles. The van der Waals surface area contributed by atoms with Crippen molar-refractivity contribution in [2.24, 2.45) is 0 Å². The van der Waals surface area contributed by atoms with Crippen LogP contribution in [0, 0.1) is 0 Å². The molecule has 0 unspecified atom stereocenters. The van der Waals surface area contributed by atoms with Crippen LogP contribution in [-0.2, 0) is 4.74 Å². The Morgan fingerprint density at radius 3 is 2.38 bits per heavy atom. The molecule has 1 heterocycles. The molecule has 7 heteroatoms. The van der Waals surface area contributed by atoms with E-state index in [1.807, 2.05) is 39.0 Å². The Morgan fingerprint density at radius 1 is 1.21 bits per heavy atom. The third kappa shape index (κ3) is 4.96. The van der Waals surface area contributed by atoms with E-state index in [0.717, 1.165) is 18.7 Å². The van der Waals surface area contributed by atoms with E-state index in [9.17, 15) is 14.8 Å². The van der Waals surface area contributed by atoms with Gasteiger partial charge >= 0.3 is 13.2 Å². The molecule has 1 aliphatic rings. The molecule has 6 nitrogen and oxygen atoms in total. The van der Waals surface area contributed by atoms with Crippen LogP contribution in [0.25, 0.3) is 0 Å². The highest BCUT2D eigenvalue weighted by Gasteiger charge is 2.28. The Bertz CT molecular complexity index is 566. The lowest BCUT2D eigenvalue weighted by Crippen LogP contribution is -2.50. The number of carbonyl (C=O) groups excluding carboxylic acids is 1. The minimum absolute atomic E-state index is 0.143. The van der Waals surface area contributed by atoms with Gasteiger partial charge in [-0.1, -0.05) is 24.3 Å². The monoisotopic (exact) mass is 334 g/mol. The largest absolute Gasteiger partial charge is 0.488 e. The van der Waals surface area contributed by atoms with E-state index in [2.05, 4.69) is 11.8 Å². The molecule has 1 aromatic carbocycles. The lowest BCUT2D eigenvalue weighted by atomic mass is 9.79. The van der Waals surface area contributed by atoms with Crippen molar-refractivity contribution in [2.75, 3.05) is 26.2 Å². The summed E-state index contributed by atoms with van der Waals surface area (Å²) in [6.07, 6.45) is -0.264. The fraction of sp³-hybridized carbons (Fsp3) is 0.588. The molecule has 0 aromatic heterocycles. The van der Waals surface area contributed by atoms with Crippen LogP contribution >= 0.6 is 0 Å². The predicted octanol–water partition coefficient (Wildman–Crippen LogP) is 0.980. The van der Waals surface area contributed by atoms with Gasteiger partial charge < -0.3 is 19.7 Å². The third-order valence-electron chi connectivity index (χ3n) is 4.20. The number of amides is 1. The second-order valence-corrected chi connectivity index (χ2v) is 7.22. The molecule has 24 heavy (non-hydrogen) atoms. The fourth-order valence-corrected chi connectivity index (χ4v) is 2.81. The predicted molar refractivity (Wildman–Crippen MR) is 94.1 cm³/mol. The van der Waals surface area contributed by atoms with Crippen LogP contribution in [0.3, 0.4) is 0 Å². The number of hydrogen-bond donors (Lipinski definition) is 2. The van der Waals surface area contributed by atoms with E-state index >= 15 is 0 Å². The van der Waals surface area contributed by atoms with Gasteiger partial charge in [0.2, 0.25) is 0 Å². The molecule has 1 fully saturated rings. The average Bonchev–Trinajstić information content (AvgIpc) is 2.53. The topological polar surface area (TPSA) is 73.2 Å². The van der Waals surface area contributed by atoms with Crippen molar-refractivity contribution in [3.05, 3.63) is 29.8 Å². The Morgan fingerprint density at radius 2 is 1.83 bits per heavy atom. The maximum atomic E-state index is 12.1. The van der Waals surface area contributed by atoms with Gasteiger partial charge in [-0.2, -0.15) is 0 Å². The Labute approximate surface area is 144 Å². The van der Waals surface area contributed by atoms with Crippen molar-refractivity contribution >= 4 is 18.7 Å². The van der Waals surface area contributed by atoms with Gasteiger partial charge in [-0.05, 0) is 38.7 Å². The van der Waals surface area contributed by atoms with Crippen LogP contribution < -0.4 is 5.46 Å². The number of hydrogen-bond acceptors (Lipinski definition) is 5. The molecule has 2 rings (SSSR count). The summed E-state index contributed by atoms with van der Waals surface area (Å²) in [5.41, 5.74) is 1.05. The van der Waals surface area contributed by atoms with Gasteiger partial charge in [-0.15, -0.1) is 0 Å². The van der Waals surface area contributed by atoms with Crippen molar-refractivity contribution in [2.45, 2.75) is 39.3 Å². The van der Waals surface area contributed by atoms with Gasteiger partial charge in [0, 0.05) is 32.2 Å². The normalized spacial score (nSPS) is 17.5. The summed E-state index contributed by atoms with van der Waals surface area (Å²) in [7, 11) is -1.46. The fourth-order valence-electron chi connectivity index (χ4n) is 2.81. The van der Waals surface area contributed by atoms with Crippen LogP contribution in [0.4, 0.5) is 4.79 Å². The molecule has 1 atom stereocenters. The number of rotatable bonds is 3. The van der Waals surface area contributed by atoms with Crippen molar-refractivity contribution in [3.63, 3.8) is 0 Å².